The van der Waals surface area contributed by atoms with E-state index < -0.39 is 6.10 Å². The fourth-order valence-electron chi connectivity index (χ4n) is 2.38. The summed E-state index contributed by atoms with van der Waals surface area (Å²) in [4.78, 5) is 2.30. The molecule has 0 radical (unpaired) electrons. The highest BCUT2D eigenvalue weighted by Gasteiger charge is 2.17. The Kier molecular flexibility index (Phi) is 5.64. The van der Waals surface area contributed by atoms with Crippen molar-refractivity contribution in [2.45, 2.75) is 12.5 Å². The molecule has 2 rings (SSSR count). The van der Waals surface area contributed by atoms with Gasteiger partial charge in [0.15, 0.2) is 0 Å². The summed E-state index contributed by atoms with van der Waals surface area (Å²) in [5.41, 5.74) is 0.778. The molecule has 0 aliphatic carbocycles. The van der Waals surface area contributed by atoms with Gasteiger partial charge in [-0.15, -0.1) is 0 Å². The molecule has 0 amide bonds. The van der Waals surface area contributed by atoms with E-state index in [9.17, 15) is 5.11 Å². The van der Waals surface area contributed by atoms with Crippen LogP contribution in [-0.2, 0) is 4.74 Å². The van der Waals surface area contributed by atoms with Gasteiger partial charge in [-0.3, -0.25) is 4.90 Å². The number of benzene rings is 1. The zero-order valence-corrected chi connectivity index (χ0v) is 12.2. The maximum absolute atomic E-state index is 10.4. The van der Waals surface area contributed by atoms with Gasteiger partial charge in [0.1, 0.15) is 11.5 Å². The molecule has 1 fully saturated rings. The number of ether oxygens (including phenoxy) is 3. The van der Waals surface area contributed by atoms with Gasteiger partial charge in [0.2, 0.25) is 0 Å². The molecule has 1 heterocycles. The maximum atomic E-state index is 10.4. The molecular formula is C15H23NO4. The Bertz CT molecular complexity index is 418. The minimum absolute atomic E-state index is 0.553. The third kappa shape index (κ3) is 3.85. The predicted molar refractivity (Wildman–Crippen MR) is 76.4 cm³/mol. The lowest BCUT2D eigenvalue weighted by Gasteiger charge is -2.27. The molecular weight excluding hydrogens is 258 g/mol. The number of aliphatic hydroxyl groups excluding tert-OH is 1. The minimum Gasteiger partial charge on any atom is -0.497 e. The topological polar surface area (TPSA) is 51.2 Å². The highest BCUT2D eigenvalue weighted by molar-refractivity contribution is 5.41. The normalized spacial score (nSPS) is 17.8. The number of methoxy groups -OCH3 is 2. The average Bonchev–Trinajstić information content (AvgIpc) is 2.52. The van der Waals surface area contributed by atoms with Crippen molar-refractivity contribution >= 4 is 0 Å². The van der Waals surface area contributed by atoms with E-state index in [2.05, 4.69) is 4.90 Å². The van der Waals surface area contributed by atoms with Crippen molar-refractivity contribution in [1.82, 2.24) is 4.90 Å². The predicted octanol–water partition coefficient (Wildman–Crippen LogP) is 1.46. The summed E-state index contributed by atoms with van der Waals surface area (Å²) in [5, 5.41) is 10.4. The van der Waals surface area contributed by atoms with Crippen molar-refractivity contribution in [3.05, 3.63) is 23.8 Å². The Hall–Kier alpha value is -1.30. The van der Waals surface area contributed by atoms with Crippen LogP contribution in [0.3, 0.4) is 0 Å². The number of morpholine rings is 1. The molecule has 112 valence electrons. The Morgan fingerprint density at radius 1 is 1.25 bits per heavy atom. The first-order chi connectivity index (χ1) is 9.74. The van der Waals surface area contributed by atoms with Crippen molar-refractivity contribution in [3.8, 4) is 11.5 Å². The second-order valence-electron chi connectivity index (χ2n) is 4.87. The molecule has 0 saturated carbocycles. The van der Waals surface area contributed by atoms with Crippen LogP contribution < -0.4 is 9.47 Å². The molecule has 0 spiro atoms. The first-order valence-corrected chi connectivity index (χ1v) is 6.94. The van der Waals surface area contributed by atoms with Crippen LogP contribution in [0.15, 0.2) is 18.2 Å². The summed E-state index contributed by atoms with van der Waals surface area (Å²) in [6, 6.07) is 5.49. The minimum atomic E-state index is -0.553. The zero-order chi connectivity index (χ0) is 14.4. The van der Waals surface area contributed by atoms with Crippen molar-refractivity contribution in [1.29, 1.82) is 0 Å². The number of nitrogens with zero attached hydrogens (tertiary/aromatic N) is 1. The van der Waals surface area contributed by atoms with Gasteiger partial charge in [0, 0.05) is 25.2 Å². The first-order valence-electron chi connectivity index (χ1n) is 6.94. The van der Waals surface area contributed by atoms with Gasteiger partial charge < -0.3 is 19.3 Å². The van der Waals surface area contributed by atoms with Crippen LogP contribution in [0, 0.1) is 0 Å². The van der Waals surface area contributed by atoms with Crippen LogP contribution in [0.2, 0.25) is 0 Å². The van der Waals surface area contributed by atoms with E-state index in [0.29, 0.717) is 12.2 Å². The largest absolute Gasteiger partial charge is 0.497 e. The summed E-state index contributed by atoms with van der Waals surface area (Å²) in [6.45, 7) is 4.27. The Morgan fingerprint density at radius 3 is 2.65 bits per heavy atom. The van der Waals surface area contributed by atoms with Gasteiger partial charge in [-0.1, -0.05) is 0 Å². The highest BCUT2D eigenvalue weighted by Crippen LogP contribution is 2.31. The van der Waals surface area contributed by atoms with Gasteiger partial charge in [-0.05, 0) is 24.6 Å². The van der Waals surface area contributed by atoms with E-state index in [4.69, 9.17) is 14.2 Å². The molecule has 1 aromatic carbocycles. The zero-order valence-electron chi connectivity index (χ0n) is 12.2. The van der Waals surface area contributed by atoms with Crippen LogP contribution in [0.1, 0.15) is 18.1 Å². The molecule has 1 aliphatic rings. The number of rotatable bonds is 6. The van der Waals surface area contributed by atoms with E-state index >= 15 is 0 Å². The summed E-state index contributed by atoms with van der Waals surface area (Å²) in [7, 11) is 3.23. The third-order valence-electron chi connectivity index (χ3n) is 3.62. The summed E-state index contributed by atoms with van der Waals surface area (Å²) < 4.78 is 15.8. The van der Waals surface area contributed by atoms with E-state index in [1.165, 1.54) is 0 Å². The van der Waals surface area contributed by atoms with Crippen LogP contribution in [0.25, 0.3) is 0 Å². The molecule has 1 aromatic rings. The molecule has 20 heavy (non-hydrogen) atoms. The van der Waals surface area contributed by atoms with Crippen LogP contribution >= 0.6 is 0 Å². The lowest BCUT2D eigenvalue weighted by molar-refractivity contribution is 0.0298. The van der Waals surface area contributed by atoms with Crippen molar-refractivity contribution in [2.24, 2.45) is 0 Å². The highest BCUT2D eigenvalue weighted by atomic mass is 16.5. The summed E-state index contributed by atoms with van der Waals surface area (Å²) in [6.07, 6.45) is 0.117. The van der Waals surface area contributed by atoms with Crippen LogP contribution in [-0.4, -0.2) is 57.1 Å². The van der Waals surface area contributed by atoms with Gasteiger partial charge in [0.25, 0.3) is 0 Å². The lowest BCUT2D eigenvalue weighted by Crippen LogP contribution is -2.37. The lowest BCUT2D eigenvalue weighted by atomic mass is 10.0. The Balaban J connectivity index is 1.98. The van der Waals surface area contributed by atoms with Gasteiger partial charge in [0.05, 0.1) is 33.5 Å². The Labute approximate surface area is 120 Å². The smallest absolute Gasteiger partial charge is 0.124 e. The molecule has 1 unspecified atom stereocenters. The second-order valence-corrected chi connectivity index (χ2v) is 4.87. The average molecular weight is 281 g/mol. The third-order valence-corrected chi connectivity index (χ3v) is 3.62. The number of hydrogen-bond acceptors (Lipinski definition) is 5. The molecule has 1 atom stereocenters. The standard InChI is InChI=1S/C15H23NO4/c1-18-12-3-4-15(19-2)13(11-12)14(17)5-6-16-7-9-20-10-8-16/h3-4,11,14,17H,5-10H2,1-2H3. The van der Waals surface area contributed by atoms with Crippen LogP contribution in [0.5, 0.6) is 11.5 Å². The second kappa shape index (κ2) is 7.47. The fraction of sp³-hybridized carbons (Fsp3) is 0.600. The van der Waals surface area contributed by atoms with Gasteiger partial charge in [-0.25, -0.2) is 0 Å². The van der Waals surface area contributed by atoms with Crippen molar-refractivity contribution in [2.75, 3.05) is 47.1 Å². The number of aliphatic hydroxyl groups is 1. The molecule has 0 bridgehead atoms. The molecule has 1 N–H and O–H groups in total. The molecule has 5 heteroatoms. The summed E-state index contributed by atoms with van der Waals surface area (Å²) >= 11 is 0. The van der Waals surface area contributed by atoms with E-state index in [-0.39, 0.29) is 0 Å². The molecule has 1 saturated heterocycles. The van der Waals surface area contributed by atoms with Gasteiger partial charge in [-0.2, -0.15) is 0 Å². The maximum Gasteiger partial charge on any atom is 0.124 e. The first kappa shape index (κ1) is 15.1. The van der Waals surface area contributed by atoms with E-state index in [1.54, 1.807) is 14.2 Å². The van der Waals surface area contributed by atoms with Gasteiger partial charge >= 0.3 is 0 Å². The molecule has 1 aliphatic heterocycles. The molecule has 0 aromatic heterocycles. The molecule has 5 nitrogen and oxygen atoms in total. The van der Waals surface area contributed by atoms with Crippen molar-refractivity contribution < 1.29 is 19.3 Å². The monoisotopic (exact) mass is 281 g/mol. The van der Waals surface area contributed by atoms with Crippen molar-refractivity contribution in [3.63, 3.8) is 0 Å². The number of hydrogen-bond donors (Lipinski definition) is 1. The SMILES string of the molecule is COc1ccc(OC)c(C(O)CCN2CCOCC2)c1. The summed E-state index contributed by atoms with van der Waals surface area (Å²) in [5.74, 6) is 1.42. The van der Waals surface area contributed by atoms with E-state index in [0.717, 1.165) is 44.2 Å². The quantitative estimate of drug-likeness (QED) is 0.855. The fourth-order valence-corrected chi connectivity index (χ4v) is 2.38. The Morgan fingerprint density at radius 2 is 2.00 bits per heavy atom. The van der Waals surface area contributed by atoms with E-state index in [1.807, 2.05) is 18.2 Å². The van der Waals surface area contributed by atoms with Crippen LogP contribution in [0.4, 0.5) is 0 Å².